The van der Waals surface area contributed by atoms with Gasteiger partial charge in [0.25, 0.3) is 6.92 Å². The third kappa shape index (κ3) is 7.44. The van der Waals surface area contributed by atoms with Crippen molar-refractivity contribution in [1.82, 2.24) is 9.55 Å². The third-order valence-electron chi connectivity index (χ3n) is 5.62. The lowest BCUT2D eigenvalue weighted by Gasteiger charge is -2.23. The lowest BCUT2D eigenvalue weighted by molar-refractivity contribution is -0.149. The minimum Gasteiger partial charge on any atom is -0.466 e. The maximum atomic E-state index is 14.2. The summed E-state index contributed by atoms with van der Waals surface area (Å²) in [7, 11) is 0. The van der Waals surface area contributed by atoms with Gasteiger partial charge in [-0.1, -0.05) is 42.7 Å². The van der Waals surface area contributed by atoms with Gasteiger partial charge in [0.1, 0.15) is 5.82 Å². The van der Waals surface area contributed by atoms with E-state index >= 15 is 0 Å². The Morgan fingerprint density at radius 3 is 2.67 bits per heavy atom. The molecule has 0 bridgehead atoms. The van der Waals surface area contributed by atoms with Gasteiger partial charge in [-0.15, -0.1) is 0 Å². The summed E-state index contributed by atoms with van der Waals surface area (Å²) in [5, 5.41) is 10.6. The van der Waals surface area contributed by atoms with Crippen molar-refractivity contribution in [2.75, 3.05) is 6.61 Å². The first-order valence-electron chi connectivity index (χ1n) is 11.2. The van der Waals surface area contributed by atoms with E-state index in [1.807, 2.05) is 35.0 Å². The fourth-order valence-corrected chi connectivity index (χ4v) is 4.35. The number of carbonyl (C=O) groups is 1. The molecule has 1 N–H and O–H groups in total. The van der Waals surface area contributed by atoms with Crippen molar-refractivity contribution in [2.45, 2.75) is 39.5 Å². The van der Waals surface area contributed by atoms with Gasteiger partial charge in [0.2, 0.25) is 0 Å². The lowest BCUT2D eigenvalue weighted by atomic mass is 9.62. The van der Waals surface area contributed by atoms with Gasteiger partial charge >= 0.3 is 5.97 Å². The van der Waals surface area contributed by atoms with Crippen LogP contribution in [0.1, 0.15) is 18.9 Å². The van der Waals surface area contributed by atoms with Crippen molar-refractivity contribution < 1.29 is 18.9 Å². The summed E-state index contributed by atoms with van der Waals surface area (Å²) in [6, 6.07) is 12.2. The quantitative estimate of drug-likeness (QED) is 0.302. The van der Waals surface area contributed by atoms with Crippen LogP contribution in [0.2, 0.25) is 18.2 Å². The first-order chi connectivity index (χ1) is 15.9. The van der Waals surface area contributed by atoms with E-state index in [9.17, 15) is 14.2 Å². The summed E-state index contributed by atoms with van der Waals surface area (Å²) in [6.07, 6.45) is 7.01. The van der Waals surface area contributed by atoms with Crippen LogP contribution in [-0.4, -0.2) is 34.1 Å². The molecular weight excluding hydrogens is 442 g/mol. The van der Waals surface area contributed by atoms with Crippen LogP contribution in [0, 0.1) is 17.7 Å². The van der Waals surface area contributed by atoms with E-state index in [1.54, 1.807) is 32.3 Å². The van der Waals surface area contributed by atoms with Crippen LogP contribution in [0.3, 0.4) is 0 Å². The van der Waals surface area contributed by atoms with E-state index in [1.165, 1.54) is 12.1 Å². The summed E-state index contributed by atoms with van der Waals surface area (Å²) in [4.78, 5) is 16.7. The van der Waals surface area contributed by atoms with Crippen LogP contribution in [0.15, 0.2) is 61.2 Å². The van der Waals surface area contributed by atoms with Gasteiger partial charge in [-0.3, -0.25) is 4.79 Å². The van der Waals surface area contributed by atoms with E-state index in [0.29, 0.717) is 42.9 Å². The van der Waals surface area contributed by atoms with E-state index < -0.39 is 6.92 Å². The number of nitrogens with zero attached hydrogens (tertiary/aromatic N) is 2. The predicted molar refractivity (Wildman–Crippen MR) is 130 cm³/mol. The molecule has 0 aliphatic carbocycles. The number of hydrogen-bond donors (Lipinski definition) is 1. The zero-order valence-corrected chi connectivity index (χ0v) is 19.7. The summed E-state index contributed by atoms with van der Waals surface area (Å²) in [5.74, 6) is -0.844. The Hall–Kier alpha value is -2.64. The summed E-state index contributed by atoms with van der Waals surface area (Å²) >= 11 is 6.03. The van der Waals surface area contributed by atoms with Gasteiger partial charge in [0, 0.05) is 29.5 Å². The number of benzene rings is 2. The number of halogens is 2. The highest BCUT2D eigenvalue weighted by molar-refractivity contribution is 6.48. The average Bonchev–Trinajstić information content (AvgIpc) is 3.28. The Labute approximate surface area is 199 Å². The molecule has 0 fully saturated rings. The molecule has 0 amide bonds. The fourth-order valence-electron chi connectivity index (χ4n) is 4.17. The van der Waals surface area contributed by atoms with Crippen LogP contribution in [-0.2, 0) is 22.5 Å². The highest BCUT2D eigenvalue weighted by atomic mass is 35.5. The van der Waals surface area contributed by atoms with Gasteiger partial charge < -0.3 is 14.3 Å². The largest absolute Gasteiger partial charge is 0.466 e. The molecule has 2 aromatic carbocycles. The van der Waals surface area contributed by atoms with Crippen LogP contribution < -0.4 is 0 Å². The van der Waals surface area contributed by atoms with Crippen LogP contribution in [0.4, 0.5) is 4.39 Å². The predicted octanol–water partition coefficient (Wildman–Crippen LogP) is 5.38. The molecule has 0 unspecified atom stereocenters. The number of esters is 1. The smallest absolute Gasteiger partial charge is 0.310 e. The molecule has 3 rings (SSSR count). The molecule has 2 atom stereocenters. The minimum absolute atomic E-state index is 0.0664. The van der Waals surface area contributed by atoms with Crippen molar-refractivity contribution in [1.29, 1.82) is 0 Å². The fraction of sp³-hybridized carbons (Fsp3) is 0.360. The molecule has 0 saturated heterocycles. The molecule has 0 radical (unpaired) electrons. The van der Waals surface area contributed by atoms with Gasteiger partial charge in [0.15, 0.2) is 0 Å². The first kappa shape index (κ1) is 25.0. The summed E-state index contributed by atoms with van der Waals surface area (Å²) in [5.41, 5.74) is 2.25. The van der Waals surface area contributed by atoms with E-state index in [4.69, 9.17) is 16.3 Å². The molecule has 0 aliphatic heterocycles. The maximum absolute atomic E-state index is 14.2. The Morgan fingerprint density at radius 1 is 1.27 bits per heavy atom. The molecule has 174 valence electrons. The summed E-state index contributed by atoms with van der Waals surface area (Å²) < 4.78 is 21.4. The summed E-state index contributed by atoms with van der Waals surface area (Å²) in [6.45, 7) is 3.85. The molecule has 0 aliphatic rings. The monoisotopic (exact) mass is 470 g/mol. The molecular formula is C25H29BClFN2O3. The molecule has 3 aromatic rings. The zero-order valence-electron chi connectivity index (χ0n) is 19.0. The molecule has 5 nitrogen and oxygen atoms in total. The molecule has 0 spiro atoms. The Balaban J connectivity index is 1.76. The topological polar surface area (TPSA) is 64.3 Å². The number of aromatic nitrogens is 2. The highest BCUT2D eigenvalue weighted by Crippen LogP contribution is 2.29. The third-order valence-corrected chi connectivity index (χ3v) is 5.86. The van der Waals surface area contributed by atoms with Gasteiger partial charge in [-0.2, -0.15) is 0 Å². The molecule has 8 heteroatoms. The average molecular weight is 471 g/mol. The zero-order chi connectivity index (χ0) is 23.8. The van der Waals surface area contributed by atoms with Gasteiger partial charge in [-0.05, 0) is 61.3 Å². The lowest BCUT2D eigenvalue weighted by Crippen LogP contribution is -2.27. The Kier molecular flexibility index (Phi) is 9.09. The number of hydrogen-bond acceptors (Lipinski definition) is 4. The Morgan fingerprint density at radius 2 is 2.03 bits per heavy atom. The van der Waals surface area contributed by atoms with Crippen molar-refractivity contribution in [3.63, 3.8) is 0 Å². The van der Waals surface area contributed by atoms with Crippen LogP contribution in [0.25, 0.3) is 11.1 Å². The number of carbonyl (C=O) groups excluding carboxylic acids is 1. The molecule has 0 saturated carbocycles. The molecule has 1 aromatic heterocycles. The van der Waals surface area contributed by atoms with Crippen molar-refractivity contribution >= 4 is 24.5 Å². The molecule has 33 heavy (non-hydrogen) atoms. The molecule has 1 heterocycles. The highest BCUT2D eigenvalue weighted by Gasteiger charge is 2.26. The van der Waals surface area contributed by atoms with E-state index in [0.717, 1.165) is 11.1 Å². The van der Waals surface area contributed by atoms with Gasteiger partial charge in [-0.25, -0.2) is 9.37 Å². The van der Waals surface area contributed by atoms with E-state index in [-0.39, 0.29) is 23.6 Å². The SMILES string of the molecule is CCOC(=O)[C@@H](C[C@H](CB(C)O)Cc1ccc(-c2cc(Cl)ccc2F)cc1)Cn1ccnc1. The number of rotatable bonds is 11. The Bertz CT molecular complexity index is 1030. The normalized spacial score (nSPS) is 12.9. The van der Waals surface area contributed by atoms with Crippen LogP contribution in [0.5, 0.6) is 0 Å². The minimum atomic E-state index is -0.495. The maximum Gasteiger partial charge on any atom is 0.310 e. The van der Waals surface area contributed by atoms with Gasteiger partial charge in [0.05, 0.1) is 18.9 Å². The van der Waals surface area contributed by atoms with E-state index in [2.05, 4.69) is 4.98 Å². The standard InChI is InChI=1S/C25H29BClFN2O3/c1-3-33-25(31)21(16-30-11-10-29-17-30)13-19(15-26(2)32)12-18-4-6-20(7-5-18)23-14-22(27)8-9-24(23)28/h4-11,14,17,19,21,32H,3,12-13,15-16H2,1-2H3/t19-,21+/m1/s1. The van der Waals surface area contributed by atoms with Crippen molar-refractivity contribution in [3.05, 3.63) is 77.6 Å². The first-order valence-corrected chi connectivity index (χ1v) is 11.6. The second-order valence-corrected chi connectivity index (χ2v) is 8.86. The van der Waals surface area contributed by atoms with Crippen molar-refractivity contribution in [2.24, 2.45) is 11.8 Å². The number of imidazole rings is 1. The van der Waals surface area contributed by atoms with Crippen LogP contribution >= 0.6 is 11.6 Å². The second-order valence-electron chi connectivity index (χ2n) is 8.42. The second kappa shape index (κ2) is 12.0. The number of ether oxygens (including phenoxy) is 1. The van der Waals surface area contributed by atoms with Crippen molar-refractivity contribution in [3.8, 4) is 11.1 Å².